The number of aliphatic carboxylic acids is 1. The van der Waals surface area contributed by atoms with Gasteiger partial charge in [-0.2, -0.15) is 4.31 Å². The molecule has 2 aromatic rings. The van der Waals surface area contributed by atoms with Crippen LogP contribution in [0.2, 0.25) is 0 Å². The number of hydrogen-bond acceptors (Lipinski definition) is 4. The van der Waals surface area contributed by atoms with Crippen LogP contribution in [0.1, 0.15) is 19.4 Å². The number of nitrogens with zero attached hydrogens (tertiary/aromatic N) is 1. The second kappa shape index (κ2) is 8.33. The van der Waals surface area contributed by atoms with E-state index in [0.717, 1.165) is 9.87 Å². The Hall–Kier alpha value is -2.38. The van der Waals surface area contributed by atoms with E-state index in [1.807, 2.05) is 6.07 Å². The molecule has 0 heterocycles. The predicted molar refractivity (Wildman–Crippen MR) is 98.4 cm³/mol. The van der Waals surface area contributed by atoms with Crippen molar-refractivity contribution >= 4 is 16.0 Å². The fraction of sp³-hybridized carbons (Fsp3) is 0.316. The summed E-state index contributed by atoms with van der Waals surface area (Å²) in [5, 5.41) is 9.66. The van der Waals surface area contributed by atoms with Crippen molar-refractivity contribution in [1.82, 2.24) is 4.31 Å². The number of carbonyl (C=O) groups is 1. The van der Waals surface area contributed by atoms with Crippen molar-refractivity contribution in [3.8, 4) is 5.75 Å². The molecule has 26 heavy (non-hydrogen) atoms. The molecule has 0 aliphatic rings. The molecule has 0 radical (unpaired) electrons. The van der Waals surface area contributed by atoms with Crippen LogP contribution in [0.4, 0.5) is 0 Å². The molecule has 0 aliphatic carbocycles. The number of rotatable bonds is 8. The number of carboxylic acid groups (broad SMARTS) is 1. The van der Waals surface area contributed by atoms with Gasteiger partial charge in [0.2, 0.25) is 10.0 Å². The standard InChI is InChI=1S/C19H23NO5S/c1-14(2)18(19(21)22)20(13-15-7-5-4-6-8-15)26(23,24)17-11-9-16(25-3)10-12-17/h4-12,14,18H,13H2,1-3H3,(H,21,22)/t18-/m0/s1. The largest absolute Gasteiger partial charge is 0.497 e. The second-order valence-corrected chi connectivity index (χ2v) is 8.13. The first kappa shape index (κ1) is 19.9. The lowest BCUT2D eigenvalue weighted by Gasteiger charge is -2.30. The Morgan fingerprint density at radius 2 is 1.65 bits per heavy atom. The molecular weight excluding hydrogens is 354 g/mol. The van der Waals surface area contributed by atoms with Crippen molar-refractivity contribution in [2.75, 3.05) is 7.11 Å². The van der Waals surface area contributed by atoms with Crippen LogP contribution < -0.4 is 4.74 Å². The van der Waals surface area contributed by atoms with Gasteiger partial charge in [-0.3, -0.25) is 4.79 Å². The van der Waals surface area contributed by atoms with Gasteiger partial charge in [-0.1, -0.05) is 44.2 Å². The average Bonchev–Trinajstić information content (AvgIpc) is 2.61. The smallest absolute Gasteiger partial charge is 0.322 e. The summed E-state index contributed by atoms with van der Waals surface area (Å²) in [4.78, 5) is 11.9. The molecule has 0 bridgehead atoms. The van der Waals surface area contributed by atoms with Crippen molar-refractivity contribution in [3.05, 3.63) is 60.2 Å². The zero-order valence-corrected chi connectivity index (χ0v) is 15.8. The molecule has 2 aromatic carbocycles. The molecule has 0 unspecified atom stereocenters. The summed E-state index contributed by atoms with van der Waals surface area (Å²) in [5.74, 6) is -1.05. The van der Waals surface area contributed by atoms with Crippen LogP contribution in [0.25, 0.3) is 0 Å². The highest BCUT2D eigenvalue weighted by atomic mass is 32.2. The topological polar surface area (TPSA) is 83.9 Å². The van der Waals surface area contributed by atoms with Gasteiger partial charge < -0.3 is 9.84 Å². The fourth-order valence-electron chi connectivity index (χ4n) is 2.72. The van der Waals surface area contributed by atoms with Crippen molar-refractivity contribution in [2.45, 2.75) is 31.3 Å². The lowest BCUT2D eigenvalue weighted by atomic mass is 10.0. The molecule has 0 saturated carbocycles. The third-order valence-electron chi connectivity index (χ3n) is 4.04. The second-order valence-electron chi connectivity index (χ2n) is 6.24. The Balaban J connectivity index is 2.51. The van der Waals surface area contributed by atoms with Crippen molar-refractivity contribution in [3.63, 3.8) is 0 Å². The SMILES string of the molecule is COc1ccc(S(=O)(=O)N(Cc2ccccc2)[C@H](C(=O)O)C(C)C)cc1. The first-order valence-corrected chi connectivity index (χ1v) is 9.64. The van der Waals surface area contributed by atoms with Gasteiger partial charge in [0.1, 0.15) is 11.8 Å². The van der Waals surface area contributed by atoms with E-state index in [-0.39, 0.29) is 11.4 Å². The summed E-state index contributed by atoms with van der Waals surface area (Å²) in [6.07, 6.45) is 0. The molecule has 6 nitrogen and oxygen atoms in total. The Morgan fingerprint density at radius 3 is 2.12 bits per heavy atom. The molecule has 7 heteroatoms. The quantitative estimate of drug-likeness (QED) is 0.764. The number of hydrogen-bond donors (Lipinski definition) is 1. The summed E-state index contributed by atoms with van der Waals surface area (Å²) in [6.45, 7) is 3.37. The third-order valence-corrected chi connectivity index (χ3v) is 5.88. The van der Waals surface area contributed by atoms with Crippen LogP contribution in [-0.4, -0.2) is 37.0 Å². The zero-order valence-electron chi connectivity index (χ0n) is 15.0. The van der Waals surface area contributed by atoms with E-state index >= 15 is 0 Å². The highest BCUT2D eigenvalue weighted by Crippen LogP contribution is 2.26. The summed E-state index contributed by atoms with van der Waals surface area (Å²) < 4.78 is 32.5. The van der Waals surface area contributed by atoms with Crippen LogP contribution >= 0.6 is 0 Å². The molecule has 1 N–H and O–H groups in total. The minimum atomic E-state index is -4.02. The fourth-order valence-corrected chi connectivity index (χ4v) is 4.42. The summed E-state index contributed by atoms with van der Waals surface area (Å²) >= 11 is 0. The zero-order chi connectivity index (χ0) is 19.3. The number of ether oxygens (including phenoxy) is 1. The minimum absolute atomic E-state index is 0.0235. The minimum Gasteiger partial charge on any atom is -0.497 e. The molecule has 0 aliphatic heterocycles. The van der Waals surface area contributed by atoms with E-state index in [9.17, 15) is 18.3 Å². The third kappa shape index (κ3) is 4.42. The van der Waals surface area contributed by atoms with Crippen LogP contribution in [-0.2, 0) is 21.4 Å². The van der Waals surface area contributed by atoms with Gasteiger partial charge in [0, 0.05) is 6.54 Å². The first-order valence-electron chi connectivity index (χ1n) is 8.20. The van der Waals surface area contributed by atoms with E-state index in [4.69, 9.17) is 4.74 Å². The maximum atomic E-state index is 13.2. The molecular formula is C19H23NO5S. The molecule has 0 amide bonds. The van der Waals surface area contributed by atoms with E-state index in [1.165, 1.54) is 19.2 Å². The highest BCUT2D eigenvalue weighted by molar-refractivity contribution is 7.89. The van der Waals surface area contributed by atoms with Gasteiger partial charge in [-0.15, -0.1) is 0 Å². The van der Waals surface area contributed by atoms with Gasteiger partial charge in [0.15, 0.2) is 0 Å². The van der Waals surface area contributed by atoms with Gasteiger partial charge in [0.05, 0.1) is 12.0 Å². The average molecular weight is 377 g/mol. The molecule has 0 saturated heterocycles. The van der Waals surface area contributed by atoms with Gasteiger partial charge in [-0.05, 0) is 35.7 Å². The highest BCUT2D eigenvalue weighted by Gasteiger charge is 2.38. The number of methoxy groups -OCH3 is 1. The predicted octanol–water partition coefficient (Wildman–Crippen LogP) is 3.00. The number of sulfonamides is 1. The Labute approximate surface area is 154 Å². The Bertz CT molecular complexity index is 832. The lowest BCUT2D eigenvalue weighted by Crippen LogP contribution is -2.47. The Kier molecular flexibility index (Phi) is 6.39. The Morgan fingerprint density at radius 1 is 1.08 bits per heavy atom. The molecule has 1 atom stereocenters. The van der Waals surface area contributed by atoms with E-state index in [0.29, 0.717) is 5.75 Å². The molecule has 0 fully saturated rings. The molecule has 140 valence electrons. The van der Waals surface area contributed by atoms with Gasteiger partial charge >= 0.3 is 5.97 Å². The first-order chi connectivity index (χ1) is 12.3. The molecule has 0 spiro atoms. The number of carboxylic acids is 1. The maximum Gasteiger partial charge on any atom is 0.322 e. The summed E-state index contributed by atoms with van der Waals surface area (Å²) in [5.41, 5.74) is 0.719. The molecule has 2 rings (SSSR count). The van der Waals surface area contributed by atoms with E-state index < -0.39 is 28.0 Å². The van der Waals surface area contributed by atoms with Crippen LogP contribution in [0.15, 0.2) is 59.5 Å². The molecule has 0 aromatic heterocycles. The summed E-state index contributed by atoms with van der Waals surface area (Å²) in [7, 11) is -2.53. The van der Waals surface area contributed by atoms with Gasteiger partial charge in [-0.25, -0.2) is 8.42 Å². The van der Waals surface area contributed by atoms with E-state index in [2.05, 4.69) is 0 Å². The monoisotopic (exact) mass is 377 g/mol. The van der Waals surface area contributed by atoms with Gasteiger partial charge in [0.25, 0.3) is 0 Å². The van der Waals surface area contributed by atoms with Crippen LogP contribution in [0.3, 0.4) is 0 Å². The van der Waals surface area contributed by atoms with Crippen LogP contribution in [0, 0.1) is 5.92 Å². The summed E-state index contributed by atoms with van der Waals surface area (Å²) in [6, 6.07) is 13.7. The van der Waals surface area contributed by atoms with Crippen molar-refractivity contribution < 1.29 is 23.1 Å². The maximum absolute atomic E-state index is 13.2. The number of benzene rings is 2. The van der Waals surface area contributed by atoms with Crippen molar-refractivity contribution in [2.24, 2.45) is 5.92 Å². The van der Waals surface area contributed by atoms with Crippen molar-refractivity contribution in [1.29, 1.82) is 0 Å². The van der Waals surface area contributed by atoms with E-state index in [1.54, 1.807) is 50.2 Å². The van der Waals surface area contributed by atoms with Crippen LogP contribution in [0.5, 0.6) is 5.75 Å². The normalized spacial score (nSPS) is 13.0. The lowest BCUT2D eigenvalue weighted by molar-refractivity contribution is -0.143.